The summed E-state index contributed by atoms with van der Waals surface area (Å²) in [5.74, 6) is 1.31. The highest BCUT2D eigenvalue weighted by atomic mass is 16.5. The third-order valence-electron chi connectivity index (χ3n) is 4.96. The third-order valence-corrected chi connectivity index (χ3v) is 4.96. The second-order valence-corrected chi connectivity index (χ2v) is 7.55. The average molecular weight is 351 g/mol. The largest absolute Gasteiger partial charge is 0.483 e. The molecule has 1 unspecified atom stereocenters. The van der Waals surface area contributed by atoms with Gasteiger partial charge in [-0.25, -0.2) is 0 Å². The van der Waals surface area contributed by atoms with Crippen molar-refractivity contribution in [1.29, 1.82) is 0 Å². The van der Waals surface area contributed by atoms with Crippen LogP contribution < -0.4 is 10.1 Å². The number of benzene rings is 2. The first-order valence-corrected chi connectivity index (χ1v) is 9.71. The number of rotatable bonds is 7. The van der Waals surface area contributed by atoms with Gasteiger partial charge in [-0.15, -0.1) is 0 Å². The van der Waals surface area contributed by atoms with Crippen molar-refractivity contribution in [2.75, 3.05) is 6.61 Å². The van der Waals surface area contributed by atoms with Crippen molar-refractivity contribution in [2.24, 2.45) is 5.92 Å². The molecule has 1 amide bonds. The summed E-state index contributed by atoms with van der Waals surface area (Å²) < 4.78 is 5.90. The molecule has 0 heterocycles. The summed E-state index contributed by atoms with van der Waals surface area (Å²) in [4.78, 5) is 12.5. The summed E-state index contributed by atoms with van der Waals surface area (Å²) in [5, 5.41) is 3.15. The first-order valence-electron chi connectivity index (χ1n) is 9.71. The van der Waals surface area contributed by atoms with Crippen LogP contribution in [0.2, 0.25) is 0 Å². The van der Waals surface area contributed by atoms with Gasteiger partial charge in [-0.2, -0.15) is 0 Å². The number of hydrogen-bond donors (Lipinski definition) is 1. The molecular weight excluding hydrogens is 322 g/mol. The molecule has 0 radical (unpaired) electrons. The van der Waals surface area contributed by atoms with E-state index in [1.807, 2.05) is 30.3 Å². The minimum Gasteiger partial charge on any atom is -0.483 e. The molecule has 1 atom stereocenters. The van der Waals surface area contributed by atoms with Crippen molar-refractivity contribution >= 4 is 5.91 Å². The minimum absolute atomic E-state index is 0.0250. The number of hydrogen-bond acceptors (Lipinski definition) is 2. The van der Waals surface area contributed by atoms with Crippen molar-refractivity contribution < 1.29 is 9.53 Å². The van der Waals surface area contributed by atoms with Crippen LogP contribution in [-0.4, -0.2) is 12.5 Å². The van der Waals surface area contributed by atoms with E-state index in [4.69, 9.17) is 4.74 Å². The van der Waals surface area contributed by atoms with Crippen LogP contribution in [-0.2, 0) is 17.6 Å². The van der Waals surface area contributed by atoms with Gasteiger partial charge in [0.05, 0.1) is 6.04 Å². The fourth-order valence-electron chi connectivity index (χ4n) is 3.70. The van der Waals surface area contributed by atoms with E-state index in [-0.39, 0.29) is 18.6 Å². The van der Waals surface area contributed by atoms with Gasteiger partial charge in [0.2, 0.25) is 0 Å². The number of carbonyl (C=O) groups excluding carboxylic acids is 1. The highest BCUT2D eigenvalue weighted by Crippen LogP contribution is 2.29. The quantitative estimate of drug-likeness (QED) is 0.774. The molecule has 0 saturated heterocycles. The molecule has 3 rings (SSSR count). The van der Waals surface area contributed by atoms with Gasteiger partial charge in [0.25, 0.3) is 5.91 Å². The highest BCUT2D eigenvalue weighted by Gasteiger charge is 2.18. The number of fused-ring (bicyclic) bond motifs is 1. The maximum Gasteiger partial charge on any atom is 0.258 e. The lowest BCUT2D eigenvalue weighted by molar-refractivity contribution is -0.124. The molecule has 0 spiro atoms. The second kappa shape index (κ2) is 8.88. The SMILES string of the molecule is CC(C)CC(NC(=O)COc1cccc2c1CCCC2)c1ccccc1. The number of aryl methyl sites for hydroxylation is 1. The van der Waals surface area contributed by atoms with Crippen LogP contribution in [0.3, 0.4) is 0 Å². The van der Waals surface area contributed by atoms with E-state index in [2.05, 4.69) is 37.4 Å². The lowest BCUT2D eigenvalue weighted by atomic mass is 9.91. The molecule has 0 aromatic heterocycles. The summed E-state index contributed by atoms with van der Waals surface area (Å²) in [6.07, 6.45) is 5.52. The standard InChI is InChI=1S/C23H29NO2/c1-17(2)15-21(19-10-4-3-5-11-19)24-23(25)16-26-22-14-8-12-18-9-6-7-13-20(18)22/h3-5,8,10-12,14,17,21H,6-7,9,13,15-16H2,1-2H3,(H,24,25). The lowest BCUT2D eigenvalue weighted by Gasteiger charge is -2.22. The summed E-state index contributed by atoms with van der Waals surface area (Å²) in [7, 11) is 0. The van der Waals surface area contributed by atoms with Gasteiger partial charge in [-0.1, -0.05) is 56.3 Å². The molecule has 3 heteroatoms. The van der Waals surface area contributed by atoms with Crippen LogP contribution in [0, 0.1) is 5.92 Å². The molecule has 0 saturated carbocycles. The average Bonchev–Trinajstić information content (AvgIpc) is 2.66. The maximum atomic E-state index is 12.5. The van der Waals surface area contributed by atoms with Crippen molar-refractivity contribution in [3.8, 4) is 5.75 Å². The topological polar surface area (TPSA) is 38.3 Å². The Kier molecular flexibility index (Phi) is 6.32. The Balaban J connectivity index is 1.62. The monoisotopic (exact) mass is 351 g/mol. The predicted molar refractivity (Wildman–Crippen MR) is 105 cm³/mol. The van der Waals surface area contributed by atoms with Crippen LogP contribution in [0.25, 0.3) is 0 Å². The fourth-order valence-corrected chi connectivity index (χ4v) is 3.70. The molecule has 1 aliphatic carbocycles. The van der Waals surface area contributed by atoms with E-state index in [0.717, 1.165) is 30.6 Å². The van der Waals surface area contributed by atoms with E-state index in [9.17, 15) is 4.79 Å². The Morgan fingerprint density at radius 3 is 2.58 bits per heavy atom. The van der Waals surface area contributed by atoms with E-state index >= 15 is 0 Å². The Hall–Kier alpha value is -2.29. The Morgan fingerprint density at radius 1 is 1.04 bits per heavy atom. The van der Waals surface area contributed by atoms with E-state index in [1.165, 1.54) is 24.0 Å². The van der Waals surface area contributed by atoms with E-state index in [1.54, 1.807) is 0 Å². The molecule has 0 aliphatic heterocycles. The Morgan fingerprint density at radius 2 is 1.81 bits per heavy atom. The number of ether oxygens (including phenoxy) is 1. The van der Waals surface area contributed by atoms with Gasteiger partial charge < -0.3 is 10.1 Å². The van der Waals surface area contributed by atoms with Crippen molar-refractivity contribution in [1.82, 2.24) is 5.32 Å². The normalized spacial score (nSPS) is 14.6. The van der Waals surface area contributed by atoms with Crippen molar-refractivity contribution in [2.45, 2.75) is 52.0 Å². The van der Waals surface area contributed by atoms with Crippen LogP contribution >= 0.6 is 0 Å². The molecule has 1 N–H and O–H groups in total. The van der Waals surface area contributed by atoms with Gasteiger partial charge >= 0.3 is 0 Å². The lowest BCUT2D eigenvalue weighted by Crippen LogP contribution is -2.33. The minimum atomic E-state index is -0.0621. The summed E-state index contributed by atoms with van der Waals surface area (Å²) >= 11 is 0. The first kappa shape index (κ1) is 18.5. The van der Waals surface area contributed by atoms with Gasteiger partial charge in [0.15, 0.2) is 6.61 Å². The van der Waals surface area contributed by atoms with Gasteiger partial charge in [-0.05, 0) is 60.8 Å². The van der Waals surface area contributed by atoms with Crippen LogP contribution in [0.5, 0.6) is 5.75 Å². The molecule has 138 valence electrons. The zero-order valence-electron chi connectivity index (χ0n) is 15.8. The maximum absolute atomic E-state index is 12.5. The Labute approximate surface area is 156 Å². The van der Waals surface area contributed by atoms with Crippen molar-refractivity contribution in [3.05, 3.63) is 65.2 Å². The number of amides is 1. The molecule has 2 aromatic rings. The van der Waals surface area contributed by atoms with E-state index < -0.39 is 0 Å². The molecular formula is C23H29NO2. The third kappa shape index (κ3) is 4.87. The smallest absolute Gasteiger partial charge is 0.258 e. The number of carbonyl (C=O) groups is 1. The molecule has 26 heavy (non-hydrogen) atoms. The Bertz CT molecular complexity index is 724. The highest BCUT2D eigenvalue weighted by molar-refractivity contribution is 5.78. The molecule has 3 nitrogen and oxygen atoms in total. The zero-order valence-corrected chi connectivity index (χ0v) is 15.8. The van der Waals surface area contributed by atoms with Crippen LogP contribution in [0.1, 0.15) is 55.8 Å². The van der Waals surface area contributed by atoms with Crippen LogP contribution in [0.4, 0.5) is 0 Å². The molecule has 1 aliphatic rings. The van der Waals surface area contributed by atoms with E-state index in [0.29, 0.717) is 5.92 Å². The zero-order chi connectivity index (χ0) is 18.4. The fraction of sp³-hybridized carbons (Fsp3) is 0.435. The van der Waals surface area contributed by atoms with Crippen molar-refractivity contribution in [3.63, 3.8) is 0 Å². The van der Waals surface area contributed by atoms with Gasteiger partial charge in [0.1, 0.15) is 5.75 Å². The van der Waals surface area contributed by atoms with Gasteiger partial charge in [-0.3, -0.25) is 4.79 Å². The van der Waals surface area contributed by atoms with Gasteiger partial charge in [0, 0.05) is 0 Å². The second-order valence-electron chi connectivity index (χ2n) is 7.55. The summed E-state index contributed by atoms with van der Waals surface area (Å²) in [6.45, 7) is 4.42. The summed E-state index contributed by atoms with van der Waals surface area (Å²) in [6, 6.07) is 16.4. The predicted octanol–water partition coefficient (Wildman–Crippen LogP) is 4.85. The molecule has 2 aromatic carbocycles. The molecule has 0 fully saturated rings. The summed E-state index contributed by atoms with van der Waals surface area (Å²) in [5.41, 5.74) is 3.80. The van der Waals surface area contributed by atoms with Crippen LogP contribution in [0.15, 0.2) is 48.5 Å². The first-order chi connectivity index (χ1) is 12.6. The number of nitrogens with one attached hydrogen (secondary N) is 1. The molecule has 0 bridgehead atoms.